The summed E-state index contributed by atoms with van der Waals surface area (Å²) in [5.74, 6) is 0.173. The Balaban J connectivity index is 2.10. The van der Waals surface area contributed by atoms with Crippen LogP contribution in [0.15, 0.2) is 18.2 Å². The Bertz CT molecular complexity index is 630. The number of amides is 2. The summed E-state index contributed by atoms with van der Waals surface area (Å²) in [5, 5.41) is 13.3. The summed E-state index contributed by atoms with van der Waals surface area (Å²) < 4.78 is 0. The van der Waals surface area contributed by atoms with Crippen molar-refractivity contribution >= 4 is 46.8 Å². The van der Waals surface area contributed by atoms with E-state index in [1.54, 1.807) is 28.8 Å². The Kier molecular flexibility index (Phi) is 7.87. The summed E-state index contributed by atoms with van der Waals surface area (Å²) in [4.78, 5) is 27.0. The van der Waals surface area contributed by atoms with Crippen molar-refractivity contribution in [3.8, 4) is 0 Å². The first-order chi connectivity index (χ1) is 11.9. The van der Waals surface area contributed by atoms with Crippen LogP contribution in [0.5, 0.6) is 0 Å². The number of nitrogens with zero attached hydrogens (tertiary/aromatic N) is 1. The van der Waals surface area contributed by atoms with Crippen LogP contribution in [0.1, 0.15) is 29.6 Å². The monoisotopic (exact) mass is 404 g/mol. The van der Waals surface area contributed by atoms with E-state index in [0.717, 1.165) is 12.2 Å². The molecule has 1 aromatic carbocycles. The van der Waals surface area contributed by atoms with E-state index in [1.807, 2.05) is 6.26 Å². The Hall–Kier alpha value is -0.950. The number of aliphatic hydroxyl groups excluding tert-OH is 1. The van der Waals surface area contributed by atoms with E-state index in [1.165, 1.54) is 6.07 Å². The van der Waals surface area contributed by atoms with Gasteiger partial charge in [-0.15, -0.1) is 0 Å². The average molecular weight is 405 g/mol. The Morgan fingerprint density at radius 3 is 2.84 bits per heavy atom. The molecule has 2 atom stereocenters. The normalized spacial score (nSPS) is 18.7. The molecule has 8 heteroatoms. The smallest absolute Gasteiger partial charge is 0.253 e. The maximum Gasteiger partial charge on any atom is 0.253 e. The molecule has 5 nitrogen and oxygen atoms in total. The molecule has 1 aliphatic heterocycles. The van der Waals surface area contributed by atoms with Gasteiger partial charge in [-0.05, 0) is 49.5 Å². The molecule has 1 aliphatic rings. The number of likely N-dealkylation sites (tertiary alicyclic amines) is 1. The standard InChI is InChI=1S/C17H22Cl2N2O3S/c1-25-8-6-15(17(24)21-7-2-3-12(22)10-21)20-16(23)13-5-4-11(18)9-14(13)19/h4-5,9,12,15,22H,2-3,6-8,10H2,1H3,(H,20,23). The van der Waals surface area contributed by atoms with Crippen LogP contribution >= 0.6 is 35.0 Å². The van der Waals surface area contributed by atoms with Crippen molar-refractivity contribution < 1.29 is 14.7 Å². The first kappa shape index (κ1) is 20.4. The summed E-state index contributed by atoms with van der Waals surface area (Å²) in [6, 6.07) is 3.98. The molecule has 0 saturated carbocycles. The van der Waals surface area contributed by atoms with Gasteiger partial charge >= 0.3 is 0 Å². The van der Waals surface area contributed by atoms with Crippen LogP contribution < -0.4 is 5.32 Å². The minimum Gasteiger partial charge on any atom is -0.391 e. The number of aliphatic hydroxyl groups is 1. The number of hydrogen-bond acceptors (Lipinski definition) is 4. The Labute approximate surface area is 162 Å². The van der Waals surface area contributed by atoms with E-state index in [-0.39, 0.29) is 16.5 Å². The van der Waals surface area contributed by atoms with Crippen molar-refractivity contribution in [1.82, 2.24) is 10.2 Å². The third kappa shape index (κ3) is 5.78. The van der Waals surface area contributed by atoms with Gasteiger partial charge in [-0.25, -0.2) is 0 Å². The lowest BCUT2D eigenvalue weighted by molar-refractivity contribution is -0.136. The van der Waals surface area contributed by atoms with Crippen molar-refractivity contribution in [3.05, 3.63) is 33.8 Å². The largest absolute Gasteiger partial charge is 0.391 e. The molecule has 0 spiro atoms. The Morgan fingerprint density at radius 2 is 2.20 bits per heavy atom. The minimum absolute atomic E-state index is 0.161. The molecule has 2 N–H and O–H groups in total. The lowest BCUT2D eigenvalue weighted by atomic mass is 10.1. The summed E-state index contributed by atoms with van der Waals surface area (Å²) >= 11 is 13.5. The lowest BCUT2D eigenvalue weighted by Gasteiger charge is -2.33. The van der Waals surface area contributed by atoms with E-state index >= 15 is 0 Å². The molecule has 138 valence electrons. The SMILES string of the molecule is CSCCC(NC(=O)c1ccc(Cl)cc1Cl)C(=O)N1CCCC(O)C1. The number of piperidine rings is 1. The summed E-state index contributed by atoms with van der Waals surface area (Å²) in [6.07, 6.45) is 3.43. The molecule has 25 heavy (non-hydrogen) atoms. The number of carbonyl (C=O) groups is 2. The quantitative estimate of drug-likeness (QED) is 0.764. The summed E-state index contributed by atoms with van der Waals surface area (Å²) in [5.41, 5.74) is 0.284. The molecule has 2 rings (SSSR count). The highest BCUT2D eigenvalue weighted by molar-refractivity contribution is 7.98. The first-order valence-electron chi connectivity index (χ1n) is 8.14. The molecule has 1 fully saturated rings. The molecule has 0 aliphatic carbocycles. The van der Waals surface area contributed by atoms with Crippen LogP contribution in [0.4, 0.5) is 0 Å². The van der Waals surface area contributed by atoms with Crippen LogP contribution in [0.25, 0.3) is 0 Å². The highest BCUT2D eigenvalue weighted by atomic mass is 35.5. The van der Waals surface area contributed by atoms with Crippen molar-refractivity contribution in [3.63, 3.8) is 0 Å². The van der Waals surface area contributed by atoms with Gasteiger partial charge in [0.2, 0.25) is 5.91 Å². The topological polar surface area (TPSA) is 69.6 Å². The number of carbonyl (C=O) groups excluding carboxylic acids is 2. The fraction of sp³-hybridized carbons (Fsp3) is 0.529. The molecular weight excluding hydrogens is 383 g/mol. The zero-order valence-electron chi connectivity index (χ0n) is 14.0. The van der Waals surface area contributed by atoms with Crippen molar-refractivity contribution in [2.45, 2.75) is 31.4 Å². The molecule has 2 unspecified atom stereocenters. The van der Waals surface area contributed by atoms with Gasteiger partial charge in [-0.1, -0.05) is 23.2 Å². The fourth-order valence-electron chi connectivity index (χ4n) is 2.78. The average Bonchev–Trinajstić information content (AvgIpc) is 2.57. The van der Waals surface area contributed by atoms with Crippen LogP contribution in [0.2, 0.25) is 10.0 Å². The number of nitrogens with one attached hydrogen (secondary N) is 1. The molecule has 0 radical (unpaired) electrons. The van der Waals surface area contributed by atoms with E-state index in [0.29, 0.717) is 31.0 Å². The van der Waals surface area contributed by atoms with Gasteiger partial charge in [-0.3, -0.25) is 9.59 Å². The second kappa shape index (κ2) is 9.67. The molecule has 0 aromatic heterocycles. The predicted molar refractivity (Wildman–Crippen MR) is 103 cm³/mol. The zero-order valence-corrected chi connectivity index (χ0v) is 16.3. The molecular formula is C17H22Cl2N2O3S. The van der Waals surface area contributed by atoms with Crippen LogP contribution in [0.3, 0.4) is 0 Å². The summed E-state index contributed by atoms with van der Waals surface area (Å²) in [6.45, 7) is 0.912. The van der Waals surface area contributed by atoms with Gasteiger partial charge in [0.05, 0.1) is 16.7 Å². The highest BCUT2D eigenvalue weighted by Gasteiger charge is 2.29. The van der Waals surface area contributed by atoms with Crippen LogP contribution in [-0.2, 0) is 4.79 Å². The molecule has 1 saturated heterocycles. The molecule has 0 bridgehead atoms. The third-order valence-corrected chi connectivity index (χ3v) is 5.29. The molecule has 1 aromatic rings. The fourth-order valence-corrected chi connectivity index (χ4v) is 3.74. The van der Waals surface area contributed by atoms with Gasteiger partial charge in [0.25, 0.3) is 5.91 Å². The maximum atomic E-state index is 12.8. The third-order valence-electron chi connectivity index (χ3n) is 4.10. The minimum atomic E-state index is -0.642. The van der Waals surface area contributed by atoms with E-state index in [9.17, 15) is 14.7 Å². The van der Waals surface area contributed by atoms with Crippen molar-refractivity contribution in [2.24, 2.45) is 0 Å². The highest BCUT2D eigenvalue weighted by Crippen LogP contribution is 2.21. The number of β-amino-alcohol motifs (C(OH)–C–C–N with tert-alkyl or cyclic N) is 1. The molecule has 1 heterocycles. The first-order valence-corrected chi connectivity index (χ1v) is 10.3. The van der Waals surface area contributed by atoms with Crippen LogP contribution in [-0.4, -0.2) is 59.1 Å². The van der Waals surface area contributed by atoms with E-state index in [4.69, 9.17) is 23.2 Å². The number of rotatable bonds is 6. The van der Waals surface area contributed by atoms with Gasteiger partial charge in [-0.2, -0.15) is 11.8 Å². The lowest BCUT2D eigenvalue weighted by Crippen LogP contribution is -2.52. The second-order valence-electron chi connectivity index (χ2n) is 6.01. The Morgan fingerprint density at radius 1 is 1.44 bits per heavy atom. The van der Waals surface area contributed by atoms with Gasteiger partial charge in [0.15, 0.2) is 0 Å². The summed E-state index contributed by atoms with van der Waals surface area (Å²) in [7, 11) is 0. The van der Waals surface area contributed by atoms with Gasteiger partial charge in [0, 0.05) is 18.1 Å². The predicted octanol–water partition coefficient (Wildman–Crippen LogP) is 2.83. The number of benzene rings is 1. The molecule has 2 amide bonds. The van der Waals surface area contributed by atoms with Crippen molar-refractivity contribution in [2.75, 3.05) is 25.1 Å². The maximum absolute atomic E-state index is 12.8. The van der Waals surface area contributed by atoms with Crippen LogP contribution in [0, 0.1) is 0 Å². The second-order valence-corrected chi connectivity index (χ2v) is 7.84. The number of thioether (sulfide) groups is 1. The number of hydrogen-bond donors (Lipinski definition) is 2. The van der Waals surface area contributed by atoms with Gasteiger partial charge < -0.3 is 15.3 Å². The van der Waals surface area contributed by atoms with Gasteiger partial charge in [0.1, 0.15) is 6.04 Å². The zero-order chi connectivity index (χ0) is 18.4. The number of halogens is 2. The van der Waals surface area contributed by atoms with E-state index in [2.05, 4.69) is 5.32 Å². The van der Waals surface area contributed by atoms with E-state index < -0.39 is 18.1 Å². The van der Waals surface area contributed by atoms with Crippen molar-refractivity contribution in [1.29, 1.82) is 0 Å².